The van der Waals surface area contributed by atoms with Crippen molar-refractivity contribution in [3.05, 3.63) is 56.8 Å². The first-order valence-electron chi connectivity index (χ1n) is 6.80. The quantitative estimate of drug-likeness (QED) is 0.892. The molecule has 0 radical (unpaired) electrons. The summed E-state index contributed by atoms with van der Waals surface area (Å²) in [4.78, 5) is 13.0. The topological polar surface area (TPSA) is 49.3 Å². The summed E-state index contributed by atoms with van der Waals surface area (Å²) >= 11 is 1.54. The van der Waals surface area contributed by atoms with Gasteiger partial charge in [-0.05, 0) is 54.0 Å². The minimum absolute atomic E-state index is 0.0329. The van der Waals surface area contributed by atoms with Crippen molar-refractivity contribution < 1.29 is 9.90 Å². The number of aliphatic hydroxyl groups excluding tert-OH is 1. The Labute approximate surface area is 122 Å². The molecule has 1 amide bonds. The van der Waals surface area contributed by atoms with Crippen LogP contribution >= 0.6 is 11.3 Å². The average molecular weight is 287 g/mol. The number of nitrogens with one attached hydrogen (secondary N) is 1. The van der Waals surface area contributed by atoms with Crippen molar-refractivity contribution in [1.29, 1.82) is 0 Å². The standard InChI is InChI=1S/C16H17NO2S/c1-10-6-8-20-15(10)14(18)12-5-4-11-3-2-7-17-16(19)13(11)9-12/h4-6,8-9,14,18H,2-3,7H2,1H3,(H,17,19). The molecule has 104 valence electrons. The second-order valence-electron chi connectivity index (χ2n) is 5.15. The van der Waals surface area contributed by atoms with Crippen LogP contribution in [-0.4, -0.2) is 17.6 Å². The third kappa shape index (κ3) is 2.37. The Morgan fingerprint density at radius 2 is 2.20 bits per heavy atom. The molecule has 0 fully saturated rings. The Kier molecular flexibility index (Phi) is 3.59. The van der Waals surface area contributed by atoms with E-state index in [1.165, 1.54) is 0 Å². The summed E-state index contributed by atoms with van der Waals surface area (Å²) in [6, 6.07) is 7.74. The van der Waals surface area contributed by atoms with E-state index in [-0.39, 0.29) is 5.91 Å². The van der Waals surface area contributed by atoms with Gasteiger partial charge >= 0.3 is 0 Å². The Morgan fingerprint density at radius 1 is 1.35 bits per heavy atom. The van der Waals surface area contributed by atoms with Gasteiger partial charge in [0.1, 0.15) is 6.10 Å². The van der Waals surface area contributed by atoms with Crippen LogP contribution in [0, 0.1) is 6.92 Å². The van der Waals surface area contributed by atoms with Gasteiger partial charge in [-0.25, -0.2) is 0 Å². The number of thiophene rings is 1. The summed E-state index contributed by atoms with van der Waals surface area (Å²) < 4.78 is 0. The molecule has 20 heavy (non-hydrogen) atoms. The van der Waals surface area contributed by atoms with E-state index in [1.807, 2.05) is 36.6 Å². The number of fused-ring (bicyclic) bond motifs is 1. The second-order valence-corrected chi connectivity index (χ2v) is 6.09. The van der Waals surface area contributed by atoms with E-state index >= 15 is 0 Å². The first kappa shape index (κ1) is 13.3. The van der Waals surface area contributed by atoms with E-state index in [0.29, 0.717) is 5.56 Å². The Bertz CT molecular complexity index is 648. The van der Waals surface area contributed by atoms with Crippen LogP contribution < -0.4 is 5.32 Å². The van der Waals surface area contributed by atoms with Gasteiger partial charge in [-0.15, -0.1) is 11.3 Å². The molecule has 0 spiro atoms. The maximum absolute atomic E-state index is 12.0. The minimum Gasteiger partial charge on any atom is -0.383 e. The molecule has 2 N–H and O–H groups in total. The number of hydrogen-bond acceptors (Lipinski definition) is 3. The monoisotopic (exact) mass is 287 g/mol. The third-order valence-electron chi connectivity index (χ3n) is 3.75. The molecule has 2 aromatic rings. The third-order valence-corrected chi connectivity index (χ3v) is 4.82. The Morgan fingerprint density at radius 3 is 2.95 bits per heavy atom. The number of hydrogen-bond donors (Lipinski definition) is 2. The van der Waals surface area contributed by atoms with E-state index in [1.54, 1.807) is 11.3 Å². The van der Waals surface area contributed by atoms with Gasteiger partial charge in [0.2, 0.25) is 0 Å². The number of aryl methyl sites for hydroxylation is 2. The maximum atomic E-state index is 12.0. The van der Waals surface area contributed by atoms with Gasteiger partial charge in [0.25, 0.3) is 5.91 Å². The van der Waals surface area contributed by atoms with E-state index in [0.717, 1.165) is 41.0 Å². The van der Waals surface area contributed by atoms with Crippen LogP contribution in [0.5, 0.6) is 0 Å². The minimum atomic E-state index is -0.656. The highest BCUT2D eigenvalue weighted by Gasteiger charge is 2.19. The van der Waals surface area contributed by atoms with Crippen LogP contribution in [-0.2, 0) is 6.42 Å². The number of benzene rings is 1. The largest absolute Gasteiger partial charge is 0.383 e. The molecule has 3 nitrogen and oxygen atoms in total. The zero-order valence-electron chi connectivity index (χ0n) is 11.3. The number of carbonyl (C=O) groups is 1. The fourth-order valence-corrected chi connectivity index (χ4v) is 3.52. The number of amides is 1. The predicted octanol–water partition coefficient (Wildman–Crippen LogP) is 2.81. The van der Waals surface area contributed by atoms with Crippen LogP contribution in [0.4, 0.5) is 0 Å². The fraction of sp³-hybridized carbons (Fsp3) is 0.312. The molecule has 1 aliphatic rings. The molecule has 0 saturated heterocycles. The van der Waals surface area contributed by atoms with Crippen LogP contribution in [0.3, 0.4) is 0 Å². The van der Waals surface area contributed by atoms with Crippen LogP contribution in [0.15, 0.2) is 29.6 Å². The number of rotatable bonds is 2. The highest BCUT2D eigenvalue weighted by atomic mass is 32.1. The lowest BCUT2D eigenvalue weighted by molar-refractivity contribution is 0.0956. The van der Waals surface area contributed by atoms with Gasteiger partial charge in [-0.2, -0.15) is 0 Å². The van der Waals surface area contributed by atoms with Crippen LogP contribution in [0.25, 0.3) is 0 Å². The molecule has 1 aromatic carbocycles. The van der Waals surface area contributed by atoms with Gasteiger partial charge < -0.3 is 10.4 Å². The molecular formula is C16H17NO2S. The lowest BCUT2D eigenvalue weighted by atomic mass is 9.97. The van der Waals surface area contributed by atoms with E-state index in [9.17, 15) is 9.90 Å². The van der Waals surface area contributed by atoms with Crippen molar-refractivity contribution in [2.24, 2.45) is 0 Å². The highest BCUT2D eigenvalue weighted by molar-refractivity contribution is 7.10. The first-order chi connectivity index (χ1) is 9.66. The fourth-order valence-electron chi connectivity index (χ4n) is 2.59. The van der Waals surface area contributed by atoms with Crippen LogP contribution in [0.2, 0.25) is 0 Å². The van der Waals surface area contributed by atoms with Gasteiger partial charge in [0.05, 0.1) is 0 Å². The maximum Gasteiger partial charge on any atom is 0.251 e. The average Bonchev–Trinajstić information content (AvgIpc) is 2.79. The molecule has 1 aliphatic heterocycles. The van der Waals surface area contributed by atoms with Gasteiger partial charge in [0.15, 0.2) is 0 Å². The van der Waals surface area contributed by atoms with Crippen molar-refractivity contribution in [3.8, 4) is 0 Å². The van der Waals surface area contributed by atoms with Crippen molar-refractivity contribution in [1.82, 2.24) is 5.32 Å². The van der Waals surface area contributed by atoms with Gasteiger partial charge in [0, 0.05) is 17.0 Å². The lowest BCUT2D eigenvalue weighted by Gasteiger charge is -2.13. The molecule has 0 bridgehead atoms. The number of aliphatic hydroxyl groups is 1. The summed E-state index contributed by atoms with van der Waals surface area (Å²) in [6.45, 7) is 2.71. The van der Waals surface area contributed by atoms with Crippen LogP contribution in [0.1, 0.15) is 44.5 Å². The first-order valence-corrected chi connectivity index (χ1v) is 7.68. The van der Waals surface area contributed by atoms with E-state index in [4.69, 9.17) is 0 Å². The highest BCUT2D eigenvalue weighted by Crippen LogP contribution is 2.30. The molecule has 1 atom stereocenters. The molecule has 2 heterocycles. The smallest absolute Gasteiger partial charge is 0.251 e. The summed E-state index contributed by atoms with van der Waals surface area (Å²) in [7, 11) is 0. The molecule has 1 aromatic heterocycles. The summed E-state index contributed by atoms with van der Waals surface area (Å²) in [5, 5.41) is 15.4. The normalized spacial score (nSPS) is 16.2. The van der Waals surface area contributed by atoms with Gasteiger partial charge in [-0.1, -0.05) is 12.1 Å². The lowest BCUT2D eigenvalue weighted by Crippen LogP contribution is -2.22. The van der Waals surface area contributed by atoms with Crippen molar-refractivity contribution >= 4 is 17.2 Å². The summed E-state index contributed by atoms with van der Waals surface area (Å²) in [5.41, 5.74) is 3.64. The van der Waals surface area contributed by atoms with E-state index < -0.39 is 6.10 Å². The number of carbonyl (C=O) groups excluding carboxylic acids is 1. The molecule has 4 heteroatoms. The second kappa shape index (κ2) is 5.38. The molecular weight excluding hydrogens is 270 g/mol. The van der Waals surface area contributed by atoms with E-state index in [2.05, 4.69) is 5.32 Å². The molecule has 3 rings (SSSR count). The molecule has 0 saturated carbocycles. The van der Waals surface area contributed by atoms with Gasteiger partial charge in [-0.3, -0.25) is 4.79 Å². The van der Waals surface area contributed by atoms with Crippen molar-refractivity contribution in [2.75, 3.05) is 6.54 Å². The Balaban J connectivity index is 2.00. The zero-order chi connectivity index (χ0) is 14.1. The zero-order valence-corrected chi connectivity index (χ0v) is 12.2. The van der Waals surface area contributed by atoms with Crippen molar-refractivity contribution in [3.63, 3.8) is 0 Å². The molecule has 0 aliphatic carbocycles. The summed E-state index contributed by atoms with van der Waals surface area (Å²) in [5.74, 6) is -0.0329. The predicted molar refractivity (Wildman–Crippen MR) is 80.2 cm³/mol. The molecule has 1 unspecified atom stereocenters. The SMILES string of the molecule is Cc1ccsc1C(O)c1ccc2c(c1)C(=O)NCCC2. The Hall–Kier alpha value is -1.65. The summed E-state index contributed by atoms with van der Waals surface area (Å²) in [6.07, 6.45) is 1.21. The van der Waals surface area contributed by atoms with Crippen molar-refractivity contribution in [2.45, 2.75) is 25.9 Å².